The summed E-state index contributed by atoms with van der Waals surface area (Å²) in [5, 5.41) is 11.7. The van der Waals surface area contributed by atoms with Crippen LogP contribution >= 0.6 is 0 Å². The number of aromatic nitrogens is 1. The van der Waals surface area contributed by atoms with Crippen LogP contribution in [-0.4, -0.2) is 22.6 Å². The van der Waals surface area contributed by atoms with Gasteiger partial charge in [0.2, 0.25) is 0 Å². The molecular weight excluding hydrogens is 264 g/mol. The summed E-state index contributed by atoms with van der Waals surface area (Å²) in [6, 6.07) is 12.2. The van der Waals surface area contributed by atoms with E-state index in [-0.39, 0.29) is 5.84 Å². The lowest BCUT2D eigenvalue weighted by atomic mass is 9.93. The Morgan fingerprint density at radius 2 is 2.14 bits per heavy atom. The van der Waals surface area contributed by atoms with Gasteiger partial charge in [-0.1, -0.05) is 30.3 Å². The summed E-state index contributed by atoms with van der Waals surface area (Å²) in [6.07, 6.45) is 2.87. The Morgan fingerprint density at radius 1 is 1.33 bits per heavy atom. The van der Waals surface area contributed by atoms with Crippen molar-refractivity contribution in [3.63, 3.8) is 0 Å². The van der Waals surface area contributed by atoms with Crippen LogP contribution in [0.3, 0.4) is 0 Å². The second-order valence-electron chi connectivity index (χ2n) is 5.44. The predicted molar refractivity (Wildman–Crippen MR) is 83.1 cm³/mol. The molecule has 1 aliphatic heterocycles. The van der Waals surface area contributed by atoms with E-state index in [4.69, 9.17) is 10.9 Å². The van der Waals surface area contributed by atoms with Gasteiger partial charge in [0.1, 0.15) is 5.69 Å². The van der Waals surface area contributed by atoms with E-state index in [0.29, 0.717) is 11.6 Å². The molecule has 21 heavy (non-hydrogen) atoms. The molecule has 2 heterocycles. The lowest BCUT2D eigenvalue weighted by Gasteiger charge is -2.34. The van der Waals surface area contributed by atoms with Gasteiger partial charge in [0, 0.05) is 12.2 Å². The quantitative estimate of drug-likeness (QED) is 0.384. The molecule has 1 aromatic heterocycles. The number of pyridine rings is 1. The molecule has 0 saturated heterocycles. The first-order valence-electron chi connectivity index (χ1n) is 6.98. The van der Waals surface area contributed by atoms with Crippen molar-refractivity contribution in [2.24, 2.45) is 16.8 Å². The van der Waals surface area contributed by atoms with Crippen LogP contribution in [0.2, 0.25) is 0 Å². The van der Waals surface area contributed by atoms with E-state index in [0.717, 1.165) is 18.7 Å². The molecule has 2 aromatic rings. The number of amidine groups is 1. The van der Waals surface area contributed by atoms with Crippen molar-refractivity contribution >= 4 is 17.2 Å². The molecule has 1 aromatic carbocycles. The minimum absolute atomic E-state index is 0.0222. The zero-order chi connectivity index (χ0) is 14.8. The fourth-order valence-electron chi connectivity index (χ4n) is 2.79. The number of fused-ring (bicyclic) bond motifs is 1. The van der Waals surface area contributed by atoms with Gasteiger partial charge in [-0.05, 0) is 36.1 Å². The lowest BCUT2D eigenvalue weighted by molar-refractivity contribution is 0.318. The third-order valence-electron chi connectivity index (χ3n) is 3.77. The highest BCUT2D eigenvalue weighted by molar-refractivity contribution is 5.95. The number of nitrogens with two attached hydrogens (primary N) is 1. The Labute approximate surface area is 123 Å². The Balaban J connectivity index is 1.97. The van der Waals surface area contributed by atoms with Crippen LogP contribution < -0.4 is 10.6 Å². The molecule has 3 rings (SSSR count). The molecule has 3 N–H and O–H groups in total. The zero-order valence-corrected chi connectivity index (χ0v) is 11.9. The maximum absolute atomic E-state index is 8.68. The number of anilines is 2. The van der Waals surface area contributed by atoms with Gasteiger partial charge < -0.3 is 15.8 Å². The normalized spacial score (nSPS) is 18.4. The van der Waals surface area contributed by atoms with Gasteiger partial charge in [0.05, 0.1) is 11.9 Å². The summed E-state index contributed by atoms with van der Waals surface area (Å²) in [5.74, 6) is 0.609. The van der Waals surface area contributed by atoms with Crippen LogP contribution in [0.4, 0.5) is 11.4 Å². The van der Waals surface area contributed by atoms with Crippen molar-refractivity contribution < 1.29 is 5.21 Å². The Kier molecular flexibility index (Phi) is 3.48. The van der Waals surface area contributed by atoms with Crippen LogP contribution in [0.15, 0.2) is 47.8 Å². The number of hydrogen-bond acceptors (Lipinski definition) is 4. The van der Waals surface area contributed by atoms with Crippen molar-refractivity contribution in [2.75, 3.05) is 11.4 Å². The first-order valence-corrected chi connectivity index (χ1v) is 6.98. The van der Waals surface area contributed by atoms with Gasteiger partial charge in [-0.3, -0.25) is 4.98 Å². The number of para-hydroxylation sites is 1. The fraction of sp³-hybridized carbons (Fsp3) is 0.250. The SMILES string of the molecule is CC1Cc2ccccc2N(c2ccc(/C(N)=N/O)nc2)C1. The van der Waals surface area contributed by atoms with Crippen molar-refractivity contribution in [2.45, 2.75) is 13.3 Å². The van der Waals surface area contributed by atoms with Gasteiger partial charge in [0.15, 0.2) is 5.84 Å². The van der Waals surface area contributed by atoms with Gasteiger partial charge >= 0.3 is 0 Å². The zero-order valence-electron chi connectivity index (χ0n) is 11.9. The second kappa shape index (κ2) is 5.44. The average molecular weight is 282 g/mol. The summed E-state index contributed by atoms with van der Waals surface area (Å²) >= 11 is 0. The molecule has 0 aliphatic carbocycles. The molecule has 5 nitrogen and oxygen atoms in total. The highest BCUT2D eigenvalue weighted by Gasteiger charge is 2.22. The predicted octanol–water partition coefficient (Wildman–Crippen LogP) is 2.51. The molecule has 0 amide bonds. The number of benzene rings is 1. The number of nitrogens with zero attached hydrogens (tertiary/aromatic N) is 3. The van der Waals surface area contributed by atoms with Crippen molar-refractivity contribution in [1.82, 2.24) is 4.98 Å². The van der Waals surface area contributed by atoms with Gasteiger partial charge in [-0.15, -0.1) is 0 Å². The third-order valence-corrected chi connectivity index (χ3v) is 3.77. The van der Waals surface area contributed by atoms with Crippen molar-refractivity contribution in [3.8, 4) is 0 Å². The van der Waals surface area contributed by atoms with Gasteiger partial charge in [0.25, 0.3) is 0 Å². The molecule has 1 atom stereocenters. The van der Waals surface area contributed by atoms with E-state index < -0.39 is 0 Å². The number of rotatable bonds is 2. The highest BCUT2D eigenvalue weighted by atomic mass is 16.4. The standard InChI is InChI=1S/C16H18N4O/c1-11-8-12-4-2-3-5-15(12)20(10-11)13-6-7-14(18-9-13)16(17)19-21/h2-7,9,11,21H,8,10H2,1H3,(H2,17,19). The van der Waals surface area contributed by atoms with Gasteiger partial charge in [-0.25, -0.2) is 0 Å². The molecule has 0 fully saturated rings. The summed E-state index contributed by atoms with van der Waals surface area (Å²) in [5.41, 5.74) is 9.62. The molecule has 0 radical (unpaired) electrons. The van der Waals surface area contributed by atoms with E-state index in [1.165, 1.54) is 11.3 Å². The Morgan fingerprint density at radius 3 is 2.86 bits per heavy atom. The summed E-state index contributed by atoms with van der Waals surface area (Å²) in [4.78, 5) is 6.54. The molecule has 108 valence electrons. The minimum Gasteiger partial charge on any atom is -0.409 e. The largest absolute Gasteiger partial charge is 0.409 e. The maximum atomic E-state index is 8.68. The Hall–Kier alpha value is -2.56. The minimum atomic E-state index is 0.0222. The smallest absolute Gasteiger partial charge is 0.188 e. The monoisotopic (exact) mass is 282 g/mol. The van der Waals surface area contributed by atoms with E-state index in [9.17, 15) is 0 Å². The van der Waals surface area contributed by atoms with Crippen LogP contribution in [0.5, 0.6) is 0 Å². The van der Waals surface area contributed by atoms with Crippen molar-refractivity contribution in [1.29, 1.82) is 0 Å². The second-order valence-corrected chi connectivity index (χ2v) is 5.44. The Bertz CT molecular complexity index is 666. The summed E-state index contributed by atoms with van der Waals surface area (Å²) in [7, 11) is 0. The molecule has 0 spiro atoms. The molecule has 1 unspecified atom stereocenters. The first-order chi connectivity index (χ1) is 10.2. The maximum Gasteiger partial charge on any atom is 0.188 e. The van der Waals surface area contributed by atoms with Crippen LogP contribution in [-0.2, 0) is 6.42 Å². The first kappa shape index (κ1) is 13.4. The van der Waals surface area contributed by atoms with E-state index in [1.807, 2.05) is 6.07 Å². The third kappa shape index (κ3) is 2.54. The summed E-state index contributed by atoms with van der Waals surface area (Å²) < 4.78 is 0. The van der Waals surface area contributed by atoms with Crippen LogP contribution in [0.25, 0.3) is 0 Å². The molecule has 0 saturated carbocycles. The van der Waals surface area contributed by atoms with Gasteiger partial charge in [-0.2, -0.15) is 0 Å². The molecule has 1 aliphatic rings. The fourth-order valence-corrected chi connectivity index (χ4v) is 2.79. The van der Waals surface area contributed by atoms with Crippen LogP contribution in [0.1, 0.15) is 18.2 Å². The molecular formula is C16H18N4O. The van der Waals surface area contributed by atoms with Crippen molar-refractivity contribution in [3.05, 3.63) is 53.9 Å². The highest BCUT2D eigenvalue weighted by Crippen LogP contribution is 2.34. The van der Waals surface area contributed by atoms with Crippen LogP contribution in [0, 0.1) is 5.92 Å². The summed E-state index contributed by atoms with van der Waals surface area (Å²) in [6.45, 7) is 3.21. The van der Waals surface area contributed by atoms with E-state index in [2.05, 4.69) is 46.2 Å². The number of oxime groups is 1. The number of hydrogen-bond donors (Lipinski definition) is 2. The molecule has 0 bridgehead atoms. The average Bonchev–Trinajstić information content (AvgIpc) is 2.53. The molecule has 5 heteroatoms. The van der Waals surface area contributed by atoms with E-state index in [1.54, 1.807) is 12.3 Å². The lowest BCUT2D eigenvalue weighted by Crippen LogP contribution is -2.30. The van der Waals surface area contributed by atoms with E-state index >= 15 is 0 Å². The topological polar surface area (TPSA) is 74.7 Å².